The summed E-state index contributed by atoms with van der Waals surface area (Å²) in [7, 11) is 0. The molecule has 0 saturated carbocycles. The standard InChI is InChI=1S/C17H30O3/c1-9-20-14(19)17(8,13(18)16(5,6)7)12-10-11-15(2,3)4/h11-13,18H,9H2,1-8H3. The summed E-state index contributed by atoms with van der Waals surface area (Å²) in [5, 5.41) is 10.5. The molecule has 0 heterocycles. The number of ether oxygens (including phenoxy) is 1. The molecule has 0 fully saturated rings. The van der Waals surface area contributed by atoms with Crippen molar-refractivity contribution in [1.82, 2.24) is 0 Å². The quantitative estimate of drug-likeness (QED) is 0.631. The molecule has 3 nitrogen and oxygen atoms in total. The molecule has 1 N–H and O–H groups in total. The largest absolute Gasteiger partial charge is 0.465 e. The topological polar surface area (TPSA) is 46.5 Å². The van der Waals surface area contributed by atoms with Crippen LogP contribution < -0.4 is 0 Å². The summed E-state index contributed by atoms with van der Waals surface area (Å²) in [6.07, 6.45) is 2.67. The zero-order valence-corrected chi connectivity index (χ0v) is 14.2. The zero-order valence-electron chi connectivity index (χ0n) is 14.2. The molecule has 116 valence electrons. The lowest BCUT2D eigenvalue weighted by Gasteiger charge is -2.37. The van der Waals surface area contributed by atoms with Crippen LogP contribution in [-0.2, 0) is 9.53 Å². The SMILES string of the molecule is CCOC(=O)C(C)(C=C=CC(C)(C)C)C(O)C(C)(C)C. The highest BCUT2D eigenvalue weighted by Crippen LogP contribution is 2.36. The van der Waals surface area contributed by atoms with Gasteiger partial charge in [0.1, 0.15) is 5.41 Å². The third-order valence-corrected chi connectivity index (χ3v) is 3.00. The summed E-state index contributed by atoms with van der Waals surface area (Å²) < 4.78 is 5.12. The molecule has 0 aromatic carbocycles. The first-order valence-electron chi connectivity index (χ1n) is 7.14. The van der Waals surface area contributed by atoms with Crippen LogP contribution in [0.5, 0.6) is 0 Å². The molecule has 0 aliphatic heterocycles. The highest BCUT2D eigenvalue weighted by Gasteiger charge is 2.45. The van der Waals surface area contributed by atoms with Crippen molar-refractivity contribution in [3.05, 3.63) is 17.9 Å². The van der Waals surface area contributed by atoms with E-state index in [4.69, 9.17) is 4.74 Å². The Labute approximate surface area is 123 Å². The molecule has 0 radical (unpaired) electrons. The van der Waals surface area contributed by atoms with E-state index >= 15 is 0 Å². The second kappa shape index (κ2) is 6.60. The maximum absolute atomic E-state index is 12.2. The fourth-order valence-electron chi connectivity index (χ4n) is 1.90. The first-order chi connectivity index (χ1) is 8.84. The molecule has 2 atom stereocenters. The van der Waals surface area contributed by atoms with Gasteiger partial charge in [0.05, 0.1) is 12.7 Å². The van der Waals surface area contributed by atoms with Crippen LogP contribution in [0.2, 0.25) is 0 Å². The van der Waals surface area contributed by atoms with Crippen molar-refractivity contribution in [3.8, 4) is 0 Å². The third-order valence-electron chi connectivity index (χ3n) is 3.00. The smallest absolute Gasteiger partial charge is 0.318 e. The van der Waals surface area contributed by atoms with Crippen molar-refractivity contribution >= 4 is 5.97 Å². The number of aliphatic hydroxyl groups is 1. The fraction of sp³-hybridized carbons (Fsp3) is 0.765. The predicted octanol–water partition coefficient (Wildman–Crippen LogP) is 3.72. The van der Waals surface area contributed by atoms with Gasteiger partial charge >= 0.3 is 5.97 Å². The van der Waals surface area contributed by atoms with Crippen LogP contribution in [0.25, 0.3) is 0 Å². The van der Waals surface area contributed by atoms with E-state index in [-0.39, 0.29) is 5.41 Å². The van der Waals surface area contributed by atoms with Gasteiger partial charge in [0, 0.05) is 0 Å². The van der Waals surface area contributed by atoms with Crippen LogP contribution >= 0.6 is 0 Å². The molecular weight excluding hydrogens is 252 g/mol. The van der Waals surface area contributed by atoms with Crippen molar-refractivity contribution in [2.45, 2.75) is 61.5 Å². The van der Waals surface area contributed by atoms with Crippen LogP contribution in [0.3, 0.4) is 0 Å². The second-order valence-electron chi connectivity index (χ2n) is 7.59. The summed E-state index contributed by atoms with van der Waals surface area (Å²) in [5.74, 6) is -0.419. The second-order valence-corrected chi connectivity index (χ2v) is 7.59. The van der Waals surface area contributed by atoms with Gasteiger partial charge in [-0.1, -0.05) is 41.5 Å². The van der Waals surface area contributed by atoms with Crippen molar-refractivity contribution in [1.29, 1.82) is 0 Å². The van der Waals surface area contributed by atoms with Gasteiger partial charge in [-0.3, -0.25) is 4.79 Å². The summed E-state index contributed by atoms with van der Waals surface area (Å²) in [6, 6.07) is 0. The number of carbonyl (C=O) groups excluding carboxylic acids is 1. The monoisotopic (exact) mass is 282 g/mol. The minimum atomic E-state index is -1.10. The highest BCUT2D eigenvalue weighted by atomic mass is 16.5. The molecule has 0 aromatic heterocycles. The third kappa shape index (κ3) is 5.52. The maximum Gasteiger partial charge on any atom is 0.318 e. The zero-order chi connectivity index (χ0) is 16.2. The van der Waals surface area contributed by atoms with Crippen LogP contribution in [0.1, 0.15) is 55.4 Å². The molecule has 0 bridgehead atoms. The van der Waals surface area contributed by atoms with Crippen LogP contribution in [0.15, 0.2) is 17.9 Å². The van der Waals surface area contributed by atoms with E-state index in [1.54, 1.807) is 19.9 Å². The minimum Gasteiger partial charge on any atom is -0.465 e. The molecule has 20 heavy (non-hydrogen) atoms. The Hall–Kier alpha value is -1.05. The lowest BCUT2D eigenvalue weighted by Crippen LogP contribution is -2.46. The van der Waals surface area contributed by atoms with Crippen LogP contribution in [-0.4, -0.2) is 23.8 Å². The van der Waals surface area contributed by atoms with Gasteiger partial charge in [-0.15, -0.1) is 5.73 Å². The Kier molecular flexibility index (Phi) is 6.25. The van der Waals surface area contributed by atoms with Gasteiger partial charge in [0.2, 0.25) is 0 Å². The van der Waals surface area contributed by atoms with E-state index < -0.39 is 22.9 Å². The van der Waals surface area contributed by atoms with E-state index in [9.17, 15) is 9.90 Å². The maximum atomic E-state index is 12.2. The summed E-state index contributed by atoms with van der Waals surface area (Å²) in [5.41, 5.74) is 1.49. The Morgan fingerprint density at radius 1 is 1.15 bits per heavy atom. The molecule has 0 rings (SSSR count). The Balaban J connectivity index is 5.61. The van der Waals surface area contributed by atoms with Crippen LogP contribution in [0.4, 0.5) is 0 Å². The fourth-order valence-corrected chi connectivity index (χ4v) is 1.90. The van der Waals surface area contributed by atoms with E-state index in [1.165, 1.54) is 0 Å². The summed E-state index contributed by atoms with van der Waals surface area (Å²) in [6.45, 7) is 15.6. The molecule has 0 spiro atoms. The lowest BCUT2D eigenvalue weighted by molar-refractivity contribution is -0.161. The van der Waals surface area contributed by atoms with Gasteiger partial charge in [-0.05, 0) is 36.8 Å². The van der Waals surface area contributed by atoms with E-state index in [1.807, 2.05) is 26.8 Å². The number of hydrogen-bond acceptors (Lipinski definition) is 3. The van der Waals surface area contributed by atoms with E-state index in [2.05, 4.69) is 26.5 Å². The van der Waals surface area contributed by atoms with Crippen molar-refractivity contribution in [2.75, 3.05) is 6.61 Å². The molecule has 3 heteroatoms. The molecular formula is C17H30O3. The highest BCUT2D eigenvalue weighted by molar-refractivity contribution is 5.79. The van der Waals surface area contributed by atoms with Crippen molar-refractivity contribution < 1.29 is 14.6 Å². The molecule has 0 aromatic rings. The molecule has 0 amide bonds. The number of carbonyl (C=O) groups is 1. The van der Waals surface area contributed by atoms with Crippen molar-refractivity contribution in [2.24, 2.45) is 16.2 Å². The predicted molar refractivity (Wildman–Crippen MR) is 82.3 cm³/mol. The van der Waals surface area contributed by atoms with Gasteiger partial charge < -0.3 is 9.84 Å². The van der Waals surface area contributed by atoms with Crippen molar-refractivity contribution in [3.63, 3.8) is 0 Å². The average molecular weight is 282 g/mol. The number of aliphatic hydroxyl groups excluding tert-OH is 1. The van der Waals surface area contributed by atoms with Gasteiger partial charge in [0.25, 0.3) is 0 Å². The van der Waals surface area contributed by atoms with Gasteiger partial charge in [-0.2, -0.15) is 0 Å². The minimum absolute atomic E-state index is 0.0290. The average Bonchev–Trinajstić information content (AvgIpc) is 2.25. The lowest BCUT2D eigenvalue weighted by atomic mass is 9.71. The summed E-state index contributed by atoms with van der Waals surface area (Å²) >= 11 is 0. The molecule has 0 aliphatic carbocycles. The van der Waals surface area contributed by atoms with Gasteiger partial charge in [-0.25, -0.2) is 0 Å². The Morgan fingerprint density at radius 3 is 2.00 bits per heavy atom. The Morgan fingerprint density at radius 2 is 1.65 bits per heavy atom. The summed E-state index contributed by atoms with van der Waals surface area (Å²) in [4.78, 5) is 12.2. The number of hydrogen-bond donors (Lipinski definition) is 1. The van der Waals surface area contributed by atoms with E-state index in [0.717, 1.165) is 0 Å². The van der Waals surface area contributed by atoms with E-state index in [0.29, 0.717) is 6.61 Å². The first kappa shape index (κ1) is 18.9. The normalized spacial score (nSPS) is 16.6. The molecule has 0 saturated heterocycles. The Bertz CT molecular complexity index is 389. The molecule has 0 aliphatic rings. The number of rotatable bonds is 4. The van der Waals surface area contributed by atoms with Crippen LogP contribution in [0, 0.1) is 16.2 Å². The molecule has 2 unspecified atom stereocenters. The number of esters is 1. The first-order valence-corrected chi connectivity index (χ1v) is 7.14. The van der Waals surface area contributed by atoms with Gasteiger partial charge in [0.15, 0.2) is 0 Å².